The Bertz CT molecular complexity index is 154. The molecule has 2 nitrogen and oxygen atoms in total. The summed E-state index contributed by atoms with van der Waals surface area (Å²) in [6.45, 7) is 8.97. The predicted octanol–water partition coefficient (Wildman–Crippen LogP) is 3.01. The molecule has 0 heterocycles. The Balaban J connectivity index is 2.34. The minimum atomic E-state index is 0.120. The van der Waals surface area contributed by atoms with Crippen LogP contribution in [0.3, 0.4) is 0 Å². The lowest BCUT2D eigenvalue weighted by Crippen LogP contribution is -2.36. The molecule has 0 radical (unpaired) electrons. The lowest BCUT2D eigenvalue weighted by molar-refractivity contribution is -0.0740. The minimum absolute atomic E-state index is 0.120. The highest BCUT2D eigenvalue weighted by Crippen LogP contribution is 2.35. The van der Waals surface area contributed by atoms with E-state index in [4.69, 9.17) is 9.47 Å². The zero-order valence-electron chi connectivity index (χ0n) is 9.84. The highest BCUT2D eigenvalue weighted by molar-refractivity contribution is 4.84. The van der Waals surface area contributed by atoms with Crippen molar-refractivity contribution in [2.45, 2.75) is 52.1 Å². The van der Waals surface area contributed by atoms with Gasteiger partial charge in [0.2, 0.25) is 0 Å². The van der Waals surface area contributed by atoms with Crippen molar-refractivity contribution < 1.29 is 9.47 Å². The standard InChI is InChI=1S/C12H24O2/c1-4-13-10-11-7-6-8-12(3,9-11)14-5-2/h11H,4-10H2,1-3H3. The topological polar surface area (TPSA) is 18.5 Å². The van der Waals surface area contributed by atoms with Crippen molar-refractivity contribution in [3.05, 3.63) is 0 Å². The zero-order chi connectivity index (χ0) is 10.4. The van der Waals surface area contributed by atoms with Gasteiger partial charge in [-0.3, -0.25) is 0 Å². The summed E-state index contributed by atoms with van der Waals surface area (Å²) in [6, 6.07) is 0. The van der Waals surface area contributed by atoms with Crippen LogP contribution < -0.4 is 0 Å². The van der Waals surface area contributed by atoms with Gasteiger partial charge in [-0.1, -0.05) is 6.42 Å². The van der Waals surface area contributed by atoms with E-state index in [2.05, 4.69) is 20.8 Å². The van der Waals surface area contributed by atoms with Crippen molar-refractivity contribution in [3.63, 3.8) is 0 Å². The van der Waals surface area contributed by atoms with Gasteiger partial charge >= 0.3 is 0 Å². The molecule has 0 aromatic carbocycles. The van der Waals surface area contributed by atoms with Crippen molar-refractivity contribution >= 4 is 0 Å². The number of rotatable bonds is 5. The predicted molar refractivity (Wildman–Crippen MR) is 58.5 cm³/mol. The highest BCUT2D eigenvalue weighted by Gasteiger charge is 2.32. The molecule has 0 aliphatic heterocycles. The molecular formula is C12H24O2. The summed E-state index contributed by atoms with van der Waals surface area (Å²) < 4.78 is 11.3. The molecule has 1 aliphatic carbocycles. The van der Waals surface area contributed by atoms with Crippen LogP contribution in [0.5, 0.6) is 0 Å². The van der Waals surface area contributed by atoms with Gasteiger partial charge in [0.15, 0.2) is 0 Å². The summed E-state index contributed by atoms with van der Waals surface area (Å²) in [5.41, 5.74) is 0.120. The zero-order valence-corrected chi connectivity index (χ0v) is 9.84. The number of hydrogen-bond acceptors (Lipinski definition) is 2. The summed E-state index contributed by atoms with van der Waals surface area (Å²) in [6.07, 6.45) is 4.97. The molecule has 0 N–H and O–H groups in total. The van der Waals surface area contributed by atoms with Crippen molar-refractivity contribution in [2.75, 3.05) is 19.8 Å². The molecule has 1 saturated carbocycles. The van der Waals surface area contributed by atoms with Crippen LogP contribution in [0.1, 0.15) is 46.5 Å². The van der Waals surface area contributed by atoms with Gasteiger partial charge in [-0.25, -0.2) is 0 Å². The van der Waals surface area contributed by atoms with E-state index in [9.17, 15) is 0 Å². The SMILES string of the molecule is CCOCC1CCCC(C)(OCC)C1. The average molecular weight is 200 g/mol. The summed E-state index contributed by atoms with van der Waals surface area (Å²) in [7, 11) is 0. The first-order chi connectivity index (χ1) is 6.70. The maximum absolute atomic E-state index is 5.82. The fraction of sp³-hybridized carbons (Fsp3) is 1.00. The third-order valence-electron chi connectivity index (χ3n) is 3.09. The Kier molecular flexibility index (Phi) is 4.90. The summed E-state index contributed by atoms with van der Waals surface area (Å²) in [4.78, 5) is 0. The quantitative estimate of drug-likeness (QED) is 0.679. The molecule has 0 spiro atoms. The Labute approximate surface area is 88.0 Å². The van der Waals surface area contributed by atoms with Crippen molar-refractivity contribution in [1.29, 1.82) is 0 Å². The molecule has 0 bridgehead atoms. The normalized spacial score (nSPS) is 33.2. The Morgan fingerprint density at radius 2 is 2.07 bits per heavy atom. The summed E-state index contributed by atoms with van der Waals surface area (Å²) in [5.74, 6) is 0.709. The number of hydrogen-bond donors (Lipinski definition) is 0. The van der Waals surface area contributed by atoms with Crippen molar-refractivity contribution in [3.8, 4) is 0 Å². The van der Waals surface area contributed by atoms with E-state index in [0.29, 0.717) is 5.92 Å². The molecule has 2 heteroatoms. The van der Waals surface area contributed by atoms with E-state index in [1.807, 2.05) is 0 Å². The Morgan fingerprint density at radius 1 is 1.29 bits per heavy atom. The second-order valence-corrected chi connectivity index (χ2v) is 4.50. The summed E-state index contributed by atoms with van der Waals surface area (Å²) >= 11 is 0. The average Bonchev–Trinajstić information content (AvgIpc) is 2.15. The molecule has 0 aromatic rings. The van der Waals surface area contributed by atoms with Gasteiger partial charge in [-0.2, -0.15) is 0 Å². The van der Waals surface area contributed by atoms with E-state index in [1.165, 1.54) is 25.7 Å². The first-order valence-corrected chi connectivity index (χ1v) is 5.92. The second-order valence-electron chi connectivity index (χ2n) is 4.50. The third kappa shape index (κ3) is 3.58. The molecule has 0 aromatic heterocycles. The first-order valence-electron chi connectivity index (χ1n) is 5.92. The van der Waals surface area contributed by atoms with Crippen LogP contribution in [-0.4, -0.2) is 25.4 Å². The molecule has 84 valence electrons. The largest absolute Gasteiger partial charge is 0.381 e. The molecular weight excluding hydrogens is 176 g/mol. The molecule has 14 heavy (non-hydrogen) atoms. The van der Waals surface area contributed by atoms with Gasteiger partial charge < -0.3 is 9.47 Å². The lowest BCUT2D eigenvalue weighted by atomic mass is 9.79. The second kappa shape index (κ2) is 5.72. The fourth-order valence-corrected chi connectivity index (χ4v) is 2.49. The van der Waals surface area contributed by atoms with Gasteiger partial charge in [0.1, 0.15) is 0 Å². The van der Waals surface area contributed by atoms with Crippen molar-refractivity contribution in [2.24, 2.45) is 5.92 Å². The van der Waals surface area contributed by atoms with Gasteiger partial charge in [-0.15, -0.1) is 0 Å². The van der Waals surface area contributed by atoms with Crippen LogP contribution in [0.2, 0.25) is 0 Å². The van der Waals surface area contributed by atoms with E-state index in [-0.39, 0.29) is 5.60 Å². The van der Waals surface area contributed by atoms with Gasteiger partial charge in [0.05, 0.1) is 5.60 Å². The van der Waals surface area contributed by atoms with Crippen LogP contribution in [0.25, 0.3) is 0 Å². The molecule has 1 rings (SSSR count). The van der Waals surface area contributed by atoms with E-state index in [1.54, 1.807) is 0 Å². The molecule has 1 fully saturated rings. The van der Waals surface area contributed by atoms with Crippen LogP contribution in [-0.2, 0) is 9.47 Å². The van der Waals surface area contributed by atoms with Crippen LogP contribution in [0.15, 0.2) is 0 Å². The van der Waals surface area contributed by atoms with Crippen LogP contribution >= 0.6 is 0 Å². The molecule has 2 atom stereocenters. The number of ether oxygens (including phenoxy) is 2. The van der Waals surface area contributed by atoms with Crippen LogP contribution in [0.4, 0.5) is 0 Å². The lowest BCUT2D eigenvalue weighted by Gasteiger charge is -2.37. The van der Waals surface area contributed by atoms with Gasteiger partial charge in [0.25, 0.3) is 0 Å². The van der Waals surface area contributed by atoms with Crippen molar-refractivity contribution in [1.82, 2.24) is 0 Å². The fourth-order valence-electron chi connectivity index (χ4n) is 2.49. The Morgan fingerprint density at radius 3 is 2.71 bits per heavy atom. The molecule has 0 amide bonds. The minimum Gasteiger partial charge on any atom is -0.381 e. The Hall–Kier alpha value is -0.0800. The maximum Gasteiger partial charge on any atom is 0.0657 e. The van der Waals surface area contributed by atoms with E-state index < -0.39 is 0 Å². The molecule has 0 saturated heterocycles. The highest BCUT2D eigenvalue weighted by atomic mass is 16.5. The maximum atomic E-state index is 5.82. The summed E-state index contributed by atoms with van der Waals surface area (Å²) in [5, 5.41) is 0. The van der Waals surface area contributed by atoms with Crippen LogP contribution in [0, 0.1) is 5.92 Å². The smallest absolute Gasteiger partial charge is 0.0657 e. The molecule has 2 unspecified atom stereocenters. The third-order valence-corrected chi connectivity index (χ3v) is 3.09. The van der Waals surface area contributed by atoms with E-state index >= 15 is 0 Å². The van der Waals surface area contributed by atoms with Gasteiger partial charge in [-0.05, 0) is 46.0 Å². The first kappa shape index (κ1) is 12.0. The molecule has 1 aliphatic rings. The monoisotopic (exact) mass is 200 g/mol. The van der Waals surface area contributed by atoms with E-state index in [0.717, 1.165) is 19.8 Å². The van der Waals surface area contributed by atoms with Gasteiger partial charge in [0, 0.05) is 19.8 Å².